The van der Waals surface area contributed by atoms with Gasteiger partial charge in [-0.2, -0.15) is 9.40 Å². The average molecular weight is 317 g/mol. The third-order valence-corrected chi connectivity index (χ3v) is 5.48. The molecule has 1 fully saturated rings. The van der Waals surface area contributed by atoms with Gasteiger partial charge in [0.25, 0.3) is 0 Å². The van der Waals surface area contributed by atoms with E-state index in [1.54, 1.807) is 0 Å². The van der Waals surface area contributed by atoms with Gasteiger partial charge >= 0.3 is 5.97 Å². The molecular weight excluding hydrogens is 298 g/mol. The second kappa shape index (κ2) is 6.12. The first-order valence-corrected chi connectivity index (χ1v) is 8.10. The summed E-state index contributed by atoms with van der Waals surface area (Å²) in [6, 6.07) is -0.197. The van der Waals surface area contributed by atoms with Crippen LogP contribution in [-0.4, -0.2) is 59.4 Å². The van der Waals surface area contributed by atoms with Crippen molar-refractivity contribution in [1.82, 2.24) is 14.1 Å². The minimum atomic E-state index is -3.65. The zero-order valence-electron chi connectivity index (χ0n) is 12.0. The standard InChI is InChI=1S/C12H19N3O5S/c1-9-11(4-6-20-9)14(2)21(18,19)10-7-13-15(8-10)5-3-12(16)17/h7-9,11H,3-6H2,1-2H3,(H,16,17). The van der Waals surface area contributed by atoms with Gasteiger partial charge in [-0.3, -0.25) is 9.48 Å². The molecule has 0 amide bonds. The molecule has 21 heavy (non-hydrogen) atoms. The van der Waals surface area contributed by atoms with Crippen molar-refractivity contribution in [2.45, 2.75) is 43.4 Å². The largest absolute Gasteiger partial charge is 0.481 e. The number of ether oxygens (including phenoxy) is 1. The Morgan fingerprint density at radius 2 is 2.33 bits per heavy atom. The van der Waals surface area contributed by atoms with Crippen LogP contribution in [0.25, 0.3) is 0 Å². The Hall–Kier alpha value is -1.45. The summed E-state index contributed by atoms with van der Waals surface area (Å²) >= 11 is 0. The highest BCUT2D eigenvalue weighted by molar-refractivity contribution is 7.89. The molecule has 1 aliphatic rings. The SMILES string of the molecule is CC1OCCC1N(C)S(=O)(=O)c1cnn(CCC(=O)O)c1. The van der Waals surface area contributed by atoms with Crippen molar-refractivity contribution in [1.29, 1.82) is 0 Å². The van der Waals surface area contributed by atoms with Crippen LogP contribution >= 0.6 is 0 Å². The number of aromatic nitrogens is 2. The normalized spacial score (nSPS) is 22.8. The molecule has 0 bridgehead atoms. The van der Waals surface area contributed by atoms with Crippen LogP contribution in [0.5, 0.6) is 0 Å². The lowest BCUT2D eigenvalue weighted by atomic mass is 10.2. The molecule has 0 spiro atoms. The molecule has 1 N–H and O–H groups in total. The highest BCUT2D eigenvalue weighted by atomic mass is 32.2. The lowest BCUT2D eigenvalue weighted by Crippen LogP contribution is -2.40. The van der Waals surface area contributed by atoms with Crippen LogP contribution in [0.3, 0.4) is 0 Å². The van der Waals surface area contributed by atoms with Crippen molar-refractivity contribution in [2.75, 3.05) is 13.7 Å². The Bertz CT molecular complexity index is 612. The first-order chi connectivity index (χ1) is 9.82. The van der Waals surface area contributed by atoms with Crippen LogP contribution in [0.15, 0.2) is 17.3 Å². The van der Waals surface area contributed by atoms with Crippen LogP contribution in [0, 0.1) is 0 Å². The number of aryl methyl sites for hydroxylation is 1. The van der Waals surface area contributed by atoms with Gasteiger partial charge in [-0.25, -0.2) is 8.42 Å². The van der Waals surface area contributed by atoms with Gasteiger partial charge in [-0.05, 0) is 13.3 Å². The van der Waals surface area contributed by atoms with Crippen LogP contribution in [-0.2, 0) is 26.1 Å². The van der Waals surface area contributed by atoms with Crippen molar-refractivity contribution in [3.8, 4) is 0 Å². The molecule has 8 nitrogen and oxygen atoms in total. The highest BCUT2D eigenvalue weighted by Crippen LogP contribution is 2.24. The van der Waals surface area contributed by atoms with Crippen LogP contribution in [0.4, 0.5) is 0 Å². The number of rotatable bonds is 6. The molecule has 0 aromatic carbocycles. The number of aliphatic carboxylic acids is 1. The van der Waals surface area contributed by atoms with Gasteiger partial charge in [0.15, 0.2) is 0 Å². The van der Waals surface area contributed by atoms with E-state index in [0.29, 0.717) is 13.0 Å². The van der Waals surface area contributed by atoms with Crippen molar-refractivity contribution in [3.05, 3.63) is 12.4 Å². The van der Waals surface area contributed by atoms with Crippen LogP contribution in [0.1, 0.15) is 19.8 Å². The number of hydrogen-bond donors (Lipinski definition) is 1. The summed E-state index contributed by atoms with van der Waals surface area (Å²) in [5.74, 6) is -0.955. The maximum atomic E-state index is 12.5. The van der Waals surface area contributed by atoms with E-state index < -0.39 is 16.0 Å². The molecule has 2 rings (SSSR count). The van der Waals surface area contributed by atoms with E-state index in [9.17, 15) is 13.2 Å². The average Bonchev–Trinajstić information content (AvgIpc) is 3.04. The number of carboxylic acids is 1. The minimum absolute atomic E-state index is 0.0643. The molecule has 1 aromatic heterocycles. The summed E-state index contributed by atoms with van der Waals surface area (Å²) in [5, 5.41) is 12.5. The number of likely N-dealkylation sites (N-methyl/N-ethyl adjacent to an activating group) is 1. The Labute approximate surface area is 123 Å². The highest BCUT2D eigenvalue weighted by Gasteiger charge is 2.35. The Kier molecular flexibility index (Phi) is 4.64. The predicted octanol–water partition coefficient (Wildman–Crippen LogP) is 0.156. The smallest absolute Gasteiger partial charge is 0.305 e. The van der Waals surface area contributed by atoms with Gasteiger partial charge in [0.1, 0.15) is 4.90 Å². The lowest BCUT2D eigenvalue weighted by molar-refractivity contribution is -0.137. The number of hydrogen-bond acceptors (Lipinski definition) is 5. The molecule has 1 aliphatic heterocycles. The Morgan fingerprint density at radius 1 is 1.62 bits per heavy atom. The predicted molar refractivity (Wildman–Crippen MR) is 73.2 cm³/mol. The van der Waals surface area contributed by atoms with Crippen molar-refractivity contribution in [3.63, 3.8) is 0 Å². The zero-order valence-corrected chi connectivity index (χ0v) is 12.8. The molecule has 118 valence electrons. The van der Waals surface area contributed by atoms with E-state index in [2.05, 4.69) is 5.10 Å². The van der Waals surface area contributed by atoms with Gasteiger partial charge < -0.3 is 9.84 Å². The number of carbonyl (C=O) groups is 1. The van der Waals surface area contributed by atoms with Crippen molar-refractivity contribution in [2.24, 2.45) is 0 Å². The molecule has 9 heteroatoms. The van der Waals surface area contributed by atoms with E-state index in [0.717, 1.165) is 0 Å². The number of carboxylic acid groups (broad SMARTS) is 1. The third kappa shape index (κ3) is 3.42. The molecule has 0 aliphatic carbocycles. The van der Waals surface area contributed by atoms with Crippen LogP contribution in [0.2, 0.25) is 0 Å². The maximum absolute atomic E-state index is 12.5. The van der Waals surface area contributed by atoms with Crippen molar-refractivity contribution < 1.29 is 23.1 Å². The minimum Gasteiger partial charge on any atom is -0.481 e. The molecule has 1 saturated heterocycles. The quantitative estimate of drug-likeness (QED) is 0.801. The van der Waals surface area contributed by atoms with E-state index in [-0.39, 0.29) is 30.0 Å². The van der Waals surface area contributed by atoms with E-state index >= 15 is 0 Å². The fourth-order valence-corrected chi connectivity index (χ4v) is 3.75. The topological polar surface area (TPSA) is 102 Å². The van der Waals surface area contributed by atoms with E-state index in [1.807, 2.05) is 6.92 Å². The zero-order chi connectivity index (χ0) is 15.6. The number of nitrogens with zero attached hydrogens (tertiary/aromatic N) is 3. The number of sulfonamides is 1. The summed E-state index contributed by atoms with van der Waals surface area (Å²) in [6.45, 7) is 2.53. The monoisotopic (exact) mass is 317 g/mol. The summed E-state index contributed by atoms with van der Waals surface area (Å²) < 4.78 is 33.1. The summed E-state index contributed by atoms with van der Waals surface area (Å²) in [7, 11) is -2.12. The fourth-order valence-electron chi connectivity index (χ4n) is 2.35. The van der Waals surface area contributed by atoms with Gasteiger partial charge in [-0.15, -0.1) is 0 Å². The molecule has 0 radical (unpaired) electrons. The third-order valence-electron chi connectivity index (χ3n) is 3.64. The Morgan fingerprint density at radius 3 is 2.90 bits per heavy atom. The molecule has 0 saturated carbocycles. The summed E-state index contributed by atoms with van der Waals surface area (Å²) in [4.78, 5) is 10.6. The van der Waals surface area contributed by atoms with Crippen LogP contribution < -0.4 is 0 Å². The molecular formula is C12H19N3O5S. The molecule has 1 aromatic rings. The van der Waals surface area contributed by atoms with Gasteiger partial charge in [0, 0.05) is 19.9 Å². The fraction of sp³-hybridized carbons (Fsp3) is 0.667. The van der Waals surface area contributed by atoms with Gasteiger partial charge in [-0.1, -0.05) is 0 Å². The van der Waals surface area contributed by atoms with E-state index in [4.69, 9.17) is 9.84 Å². The first kappa shape index (κ1) is 15.9. The maximum Gasteiger partial charge on any atom is 0.305 e. The molecule has 2 unspecified atom stereocenters. The Balaban J connectivity index is 2.13. The molecule has 2 atom stereocenters. The van der Waals surface area contributed by atoms with Crippen molar-refractivity contribution >= 4 is 16.0 Å². The second-order valence-electron chi connectivity index (χ2n) is 5.04. The van der Waals surface area contributed by atoms with Gasteiger partial charge in [0.2, 0.25) is 10.0 Å². The summed E-state index contributed by atoms with van der Waals surface area (Å²) in [5.41, 5.74) is 0. The van der Waals surface area contributed by atoms with E-state index in [1.165, 1.54) is 28.4 Å². The second-order valence-corrected chi connectivity index (χ2v) is 7.03. The first-order valence-electron chi connectivity index (χ1n) is 6.66. The summed E-state index contributed by atoms with van der Waals surface area (Å²) in [6.07, 6.45) is 3.00. The van der Waals surface area contributed by atoms with Gasteiger partial charge in [0.05, 0.1) is 31.3 Å². The lowest BCUT2D eigenvalue weighted by Gasteiger charge is -2.25. The molecule has 2 heterocycles.